The lowest BCUT2D eigenvalue weighted by Gasteiger charge is -2.08. The third-order valence-electron chi connectivity index (χ3n) is 9.72. The maximum Gasteiger partial charge on any atom is 0.225 e. The molecule has 2 aromatic heterocycles. The number of ketones is 1. The first-order chi connectivity index (χ1) is 28.5. The third kappa shape index (κ3) is 7.39. The summed E-state index contributed by atoms with van der Waals surface area (Å²) in [6.45, 7) is 4.77. The van der Waals surface area contributed by atoms with Gasteiger partial charge in [-0.05, 0) is 96.8 Å². The van der Waals surface area contributed by atoms with E-state index < -0.39 is 0 Å². The fraction of sp³-hybridized carbons (Fsp3) is 0.0889. The fourth-order valence-corrected chi connectivity index (χ4v) is 6.92. The second-order valence-electron chi connectivity index (χ2n) is 13.7. The summed E-state index contributed by atoms with van der Waals surface area (Å²) in [5.74, 6) is 1.93. The summed E-state index contributed by atoms with van der Waals surface area (Å²) < 4.78 is 4.16. The SMILES string of the molecule is C/C(N=Nc1ccc2c(c1)-c1cc(N=N/C(C)=N\Nc3nc4ccccc4n3Cc3ccccc3)ccc1C2=O)=N/Nc1nc2ccccc2n1Cc1ccccc1. The van der Waals surface area contributed by atoms with E-state index in [4.69, 9.17) is 9.97 Å². The number of hydrogen-bond donors (Lipinski definition) is 2. The molecule has 0 spiro atoms. The van der Waals surface area contributed by atoms with E-state index in [0.717, 1.165) is 44.3 Å². The Balaban J connectivity index is 0.905. The highest BCUT2D eigenvalue weighted by Crippen LogP contribution is 2.40. The van der Waals surface area contributed by atoms with Crippen LogP contribution in [0.25, 0.3) is 33.2 Å². The van der Waals surface area contributed by atoms with Crippen molar-refractivity contribution >= 4 is 62.8 Å². The smallest absolute Gasteiger partial charge is 0.225 e. The monoisotopic (exact) mass is 760 g/mol. The Labute approximate surface area is 333 Å². The number of aromatic nitrogens is 4. The molecule has 9 rings (SSSR count). The van der Waals surface area contributed by atoms with Gasteiger partial charge in [0.05, 0.1) is 46.5 Å². The van der Waals surface area contributed by atoms with Gasteiger partial charge >= 0.3 is 0 Å². The van der Waals surface area contributed by atoms with E-state index in [9.17, 15) is 4.79 Å². The molecule has 6 aromatic carbocycles. The summed E-state index contributed by atoms with van der Waals surface area (Å²) in [6, 6.07) is 47.1. The Morgan fingerprint density at radius 2 is 0.931 bits per heavy atom. The first-order valence-corrected chi connectivity index (χ1v) is 18.7. The molecule has 282 valence electrons. The van der Waals surface area contributed by atoms with Crippen LogP contribution in [0.2, 0.25) is 0 Å². The summed E-state index contributed by atoms with van der Waals surface area (Å²) in [6.07, 6.45) is 0. The van der Waals surface area contributed by atoms with Gasteiger partial charge in [-0.3, -0.25) is 4.79 Å². The first kappa shape index (κ1) is 35.8. The largest absolute Gasteiger partial charge is 0.304 e. The quantitative estimate of drug-likeness (QED) is 0.0615. The van der Waals surface area contributed by atoms with Crippen molar-refractivity contribution in [2.45, 2.75) is 26.9 Å². The maximum atomic E-state index is 13.3. The molecule has 0 radical (unpaired) electrons. The van der Waals surface area contributed by atoms with Crippen molar-refractivity contribution in [3.63, 3.8) is 0 Å². The standard InChI is InChI=1S/C45H36N12O/c1-29(50-54-44-46-39-17-9-11-19-41(39)56(44)27-31-13-5-3-6-14-31)48-52-33-21-23-35-37(25-33)38-26-34(22-24-36(38)43(35)58)53-49-30(2)51-55-45-47-40-18-10-12-20-42(40)57(45)28-32-15-7-4-8-16-32/h3-26H,27-28H2,1-2H3,(H,46,54)(H,47,55)/b50-29-,51-30-,52-48?,53-49?. The highest BCUT2D eigenvalue weighted by molar-refractivity contribution is 6.22. The number of imidazole rings is 2. The molecular weight excluding hydrogens is 725 g/mol. The lowest BCUT2D eigenvalue weighted by molar-refractivity contribution is 0.104. The second-order valence-corrected chi connectivity index (χ2v) is 13.7. The van der Waals surface area contributed by atoms with E-state index in [1.807, 2.05) is 97.1 Å². The van der Waals surface area contributed by atoms with Gasteiger partial charge in [0.25, 0.3) is 0 Å². The molecular formula is C45H36N12O. The molecule has 1 aliphatic rings. The normalized spacial score (nSPS) is 12.9. The zero-order chi connectivity index (χ0) is 39.4. The Bertz CT molecular complexity index is 2740. The Morgan fingerprint density at radius 1 is 0.517 bits per heavy atom. The molecule has 0 aliphatic heterocycles. The number of carbonyl (C=O) groups excluding carboxylic acids is 1. The number of nitrogens with zero attached hydrogens (tertiary/aromatic N) is 10. The number of azo groups is 2. The Morgan fingerprint density at radius 3 is 1.38 bits per heavy atom. The highest BCUT2D eigenvalue weighted by atomic mass is 16.1. The predicted molar refractivity (Wildman–Crippen MR) is 228 cm³/mol. The highest BCUT2D eigenvalue weighted by Gasteiger charge is 2.27. The van der Waals surface area contributed by atoms with Crippen molar-refractivity contribution in [3.8, 4) is 11.1 Å². The molecule has 13 heteroatoms. The zero-order valence-corrected chi connectivity index (χ0v) is 31.7. The number of hydrogen-bond acceptors (Lipinski definition) is 9. The lowest BCUT2D eigenvalue weighted by atomic mass is 10.0. The molecule has 0 saturated carbocycles. The van der Waals surface area contributed by atoms with Crippen molar-refractivity contribution in [1.82, 2.24) is 19.1 Å². The average Bonchev–Trinajstić information content (AvgIpc) is 3.89. The van der Waals surface area contributed by atoms with Crippen LogP contribution < -0.4 is 10.9 Å². The number of nitrogens with one attached hydrogen (secondary N) is 2. The van der Waals surface area contributed by atoms with Crippen molar-refractivity contribution in [3.05, 3.63) is 168 Å². The number of anilines is 2. The van der Waals surface area contributed by atoms with E-state index in [1.54, 1.807) is 38.1 Å². The van der Waals surface area contributed by atoms with Gasteiger partial charge in [0.15, 0.2) is 17.5 Å². The predicted octanol–water partition coefficient (Wildman–Crippen LogP) is 10.8. The van der Waals surface area contributed by atoms with Crippen molar-refractivity contribution in [1.29, 1.82) is 0 Å². The molecule has 2 N–H and O–H groups in total. The van der Waals surface area contributed by atoms with E-state index >= 15 is 0 Å². The van der Waals surface area contributed by atoms with Crippen LogP contribution in [0.15, 0.2) is 176 Å². The molecule has 58 heavy (non-hydrogen) atoms. The molecule has 0 amide bonds. The van der Waals surface area contributed by atoms with E-state index in [-0.39, 0.29) is 5.78 Å². The van der Waals surface area contributed by atoms with Crippen LogP contribution in [-0.2, 0) is 13.1 Å². The molecule has 13 nitrogen and oxygen atoms in total. The number of benzene rings is 6. The molecule has 0 fully saturated rings. The van der Waals surface area contributed by atoms with Gasteiger partial charge in [-0.2, -0.15) is 10.2 Å². The minimum absolute atomic E-state index is 0.0577. The van der Waals surface area contributed by atoms with Crippen LogP contribution in [0.4, 0.5) is 23.3 Å². The number of fused-ring (bicyclic) bond motifs is 5. The van der Waals surface area contributed by atoms with Crippen LogP contribution >= 0.6 is 0 Å². The minimum atomic E-state index is -0.0577. The third-order valence-corrected chi connectivity index (χ3v) is 9.72. The first-order valence-electron chi connectivity index (χ1n) is 18.7. The van der Waals surface area contributed by atoms with Gasteiger partial charge in [0.2, 0.25) is 11.9 Å². The van der Waals surface area contributed by atoms with Crippen LogP contribution in [0.5, 0.6) is 0 Å². The Kier molecular flexibility index (Phi) is 9.66. The van der Waals surface area contributed by atoms with Gasteiger partial charge in [-0.1, -0.05) is 84.9 Å². The number of para-hydroxylation sites is 4. The second kappa shape index (κ2) is 15.7. The summed E-state index contributed by atoms with van der Waals surface area (Å²) in [7, 11) is 0. The van der Waals surface area contributed by atoms with E-state index in [1.165, 1.54) is 0 Å². The van der Waals surface area contributed by atoms with Crippen LogP contribution in [0, 0.1) is 0 Å². The van der Waals surface area contributed by atoms with E-state index in [0.29, 0.717) is 59.2 Å². The van der Waals surface area contributed by atoms with Gasteiger partial charge in [0, 0.05) is 11.1 Å². The lowest BCUT2D eigenvalue weighted by Crippen LogP contribution is -2.06. The van der Waals surface area contributed by atoms with Crippen LogP contribution in [-0.4, -0.2) is 36.6 Å². The van der Waals surface area contributed by atoms with Gasteiger partial charge < -0.3 is 9.13 Å². The van der Waals surface area contributed by atoms with Crippen LogP contribution in [0.3, 0.4) is 0 Å². The number of amidine groups is 2. The molecule has 2 heterocycles. The molecule has 1 aliphatic carbocycles. The Hall–Kier alpha value is -7.93. The maximum absolute atomic E-state index is 13.3. The average molecular weight is 761 g/mol. The van der Waals surface area contributed by atoms with Gasteiger partial charge in [-0.15, -0.1) is 20.5 Å². The topological polar surface area (TPSA) is 151 Å². The number of rotatable bonds is 10. The van der Waals surface area contributed by atoms with Crippen LogP contribution in [0.1, 0.15) is 40.9 Å². The van der Waals surface area contributed by atoms with E-state index in [2.05, 4.69) is 74.9 Å². The summed E-state index contributed by atoms with van der Waals surface area (Å²) >= 11 is 0. The summed E-state index contributed by atoms with van der Waals surface area (Å²) in [4.78, 5) is 22.8. The number of carbonyl (C=O) groups is 1. The number of hydrazone groups is 2. The fourth-order valence-electron chi connectivity index (χ4n) is 6.92. The molecule has 8 aromatic rings. The summed E-state index contributed by atoms with van der Waals surface area (Å²) in [5, 5.41) is 26.5. The van der Waals surface area contributed by atoms with Crippen molar-refractivity contribution < 1.29 is 4.79 Å². The molecule has 0 bridgehead atoms. The summed E-state index contributed by atoms with van der Waals surface area (Å²) in [5.41, 5.74) is 16.0. The molecule has 0 unspecified atom stereocenters. The minimum Gasteiger partial charge on any atom is -0.304 e. The zero-order valence-electron chi connectivity index (χ0n) is 31.7. The van der Waals surface area contributed by atoms with Gasteiger partial charge in [0.1, 0.15) is 0 Å². The molecule has 0 saturated heterocycles. The van der Waals surface area contributed by atoms with Crippen molar-refractivity contribution in [2.24, 2.45) is 30.7 Å². The molecule has 0 atom stereocenters. The van der Waals surface area contributed by atoms with Gasteiger partial charge in [-0.25, -0.2) is 20.8 Å². The van der Waals surface area contributed by atoms with Crippen molar-refractivity contribution in [2.75, 3.05) is 10.9 Å².